The van der Waals surface area contributed by atoms with Gasteiger partial charge in [-0.1, -0.05) is 19.1 Å². The minimum Gasteiger partial charge on any atom is -0.385 e. The molecule has 1 aliphatic heterocycles. The van der Waals surface area contributed by atoms with E-state index in [1.807, 2.05) is 19.1 Å². The van der Waals surface area contributed by atoms with E-state index in [9.17, 15) is 4.79 Å². The zero-order chi connectivity index (χ0) is 11.4. The van der Waals surface area contributed by atoms with Gasteiger partial charge in [0.05, 0.1) is 0 Å². The molecule has 1 aromatic carbocycles. The van der Waals surface area contributed by atoms with Gasteiger partial charge in [0.25, 0.3) is 0 Å². The molecule has 1 aliphatic rings. The number of carbonyl (C=O) groups is 1. The molecule has 1 aromatic rings. The third-order valence-electron chi connectivity index (χ3n) is 3.10. The maximum atomic E-state index is 11.8. The lowest BCUT2D eigenvalue weighted by Crippen LogP contribution is -2.03. The van der Waals surface area contributed by atoms with Gasteiger partial charge < -0.3 is 5.32 Å². The Kier molecular flexibility index (Phi) is 3.60. The highest BCUT2D eigenvalue weighted by atomic mass is 16.1. The number of carbonyl (C=O) groups excluding carboxylic acids is 1. The Bertz CT molecular complexity index is 384. The molecule has 0 spiro atoms. The van der Waals surface area contributed by atoms with Crippen molar-refractivity contribution in [3.63, 3.8) is 0 Å². The molecular weight excluding hydrogens is 198 g/mol. The van der Waals surface area contributed by atoms with Crippen molar-refractivity contribution in [1.82, 2.24) is 0 Å². The van der Waals surface area contributed by atoms with E-state index in [1.54, 1.807) is 0 Å². The molecule has 86 valence electrons. The molecule has 0 unspecified atom stereocenters. The van der Waals surface area contributed by atoms with Crippen LogP contribution in [0.4, 0.5) is 5.69 Å². The Morgan fingerprint density at radius 1 is 1.38 bits per heavy atom. The van der Waals surface area contributed by atoms with Gasteiger partial charge in [0.15, 0.2) is 5.78 Å². The number of hydrogen-bond donors (Lipinski definition) is 1. The quantitative estimate of drug-likeness (QED) is 0.786. The van der Waals surface area contributed by atoms with E-state index >= 15 is 0 Å². The van der Waals surface area contributed by atoms with E-state index in [4.69, 9.17) is 0 Å². The van der Waals surface area contributed by atoms with Gasteiger partial charge in [-0.25, -0.2) is 0 Å². The number of Topliss-reactive ketones (excluding diaryl/α,β-unsaturated/α-hetero) is 1. The molecule has 0 aromatic heterocycles. The van der Waals surface area contributed by atoms with E-state index in [2.05, 4.69) is 11.4 Å². The lowest BCUT2D eigenvalue weighted by Gasteiger charge is -2.09. The van der Waals surface area contributed by atoms with Crippen LogP contribution in [-0.2, 0) is 6.42 Å². The van der Waals surface area contributed by atoms with Crippen molar-refractivity contribution in [2.45, 2.75) is 39.0 Å². The van der Waals surface area contributed by atoms with Crippen LogP contribution in [0, 0.1) is 0 Å². The summed E-state index contributed by atoms with van der Waals surface area (Å²) in [6.07, 6.45) is 5.15. The smallest absolute Gasteiger partial charge is 0.162 e. The fourth-order valence-corrected chi connectivity index (χ4v) is 2.17. The number of anilines is 1. The van der Waals surface area contributed by atoms with E-state index < -0.39 is 0 Å². The second-order valence-electron chi connectivity index (χ2n) is 4.43. The maximum absolute atomic E-state index is 11.8. The van der Waals surface area contributed by atoms with Gasteiger partial charge in [0, 0.05) is 24.2 Å². The maximum Gasteiger partial charge on any atom is 0.162 e. The number of fused-ring (bicyclic) bond motifs is 1. The number of aryl methyl sites for hydroxylation is 1. The summed E-state index contributed by atoms with van der Waals surface area (Å²) >= 11 is 0. The Morgan fingerprint density at radius 2 is 2.25 bits per heavy atom. The van der Waals surface area contributed by atoms with Crippen LogP contribution >= 0.6 is 0 Å². The molecule has 0 saturated carbocycles. The van der Waals surface area contributed by atoms with Gasteiger partial charge in [-0.15, -0.1) is 0 Å². The van der Waals surface area contributed by atoms with Crippen LogP contribution in [0.3, 0.4) is 0 Å². The molecule has 0 radical (unpaired) electrons. The number of ketones is 1. The highest BCUT2D eigenvalue weighted by molar-refractivity contribution is 5.97. The van der Waals surface area contributed by atoms with Crippen molar-refractivity contribution in [2.24, 2.45) is 0 Å². The molecule has 1 N–H and O–H groups in total. The number of rotatable bonds is 3. The molecule has 2 heteroatoms. The molecular formula is C14H19NO. The average molecular weight is 217 g/mol. The van der Waals surface area contributed by atoms with Crippen LogP contribution in [0.5, 0.6) is 0 Å². The topological polar surface area (TPSA) is 29.1 Å². The SMILES string of the molecule is CCCC(=O)c1ccc2c(c1)NCCCC2. The first kappa shape index (κ1) is 11.2. The van der Waals surface area contributed by atoms with Crippen molar-refractivity contribution in [2.75, 3.05) is 11.9 Å². The summed E-state index contributed by atoms with van der Waals surface area (Å²) in [4.78, 5) is 11.8. The lowest BCUT2D eigenvalue weighted by atomic mass is 10.0. The van der Waals surface area contributed by atoms with Crippen LogP contribution < -0.4 is 5.32 Å². The molecule has 1 heterocycles. The summed E-state index contributed by atoms with van der Waals surface area (Å²) in [5, 5.41) is 3.41. The largest absolute Gasteiger partial charge is 0.385 e. The highest BCUT2D eigenvalue weighted by Crippen LogP contribution is 2.23. The van der Waals surface area contributed by atoms with Crippen LogP contribution in [0.25, 0.3) is 0 Å². The zero-order valence-electron chi connectivity index (χ0n) is 9.88. The second kappa shape index (κ2) is 5.15. The second-order valence-corrected chi connectivity index (χ2v) is 4.43. The van der Waals surface area contributed by atoms with Gasteiger partial charge in [-0.2, -0.15) is 0 Å². The Balaban J connectivity index is 2.23. The van der Waals surface area contributed by atoms with Crippen LogP contribution in [0.2, 0.25) is 0 Å². The molecule has 0 bridgehead atoms. The Labute approximate surface area is 97.1 Å². The van der Waals surface area contributed by atoms with E-state index in [0.29, 0.717) is 6.42 Å². The van der Waals surface area contributed by atoms with Gasteiger partial charge in [0.1, 0.15) is 0 Å². The summed E-state index contributed by atoms with van der Waals surface area (Å²) in [5.74, 6) is 0.261. The summed E-state index contributed by atoms with van der Waals surface area (Å²) in [6.45, 7) is 3.07. The third kappa shape index (κ3) is 2.43. The monoisotopic (exact) mass is 217 g/mol. The predicted molar refractivity (Wildman–Crippen MR) is 67.1 cm³/mol. The summed E-state index contributed by atoms with van der Waals surface area (Å²) in [5.41, 5.74) is 3.38. The van der Waals surface area contributed by atoms with Gasteiger partial charge >= 0.3 is 0 Å². The fourth-order valence-electron chi connectivity index (χ4n) is 2.17. The van der Waals surface area contributed by atoms with Gasteiger partial charge in [-0.3, -0.25) is 4.79 Å². The molecule has 2 nitrogen and oxygen atoms in total. The number of nitrogens with one attached hydrogen (secondary N) is 1. The molecule has 2 rings (SSSR count). The van der Waals surface area contributed by atoms with E-state index in [1.165, 1.54) is 24.1 Å². The molecule has 16 heavy (non-hydrogen) atoms. The first-order chi connectivity index (χ1) is 7.81. The molecule has 0 fully saturated rings. The normalized spacial score (nSPS) is 14.8. The molecule has 0 atom stereocenters. The minimum absolute atomic E-state index is 0.261. The molecule has 0 amide bonds. The van der Waals surface area contributed by atoms with Crippen molar-refractivity contribution in [3.8, 4) is 0 Å². The minimum atomic E-state index is 0.261. The molecule has 0 aliphatic carbocycles. The number of benzene rings is 1. The summed E-state index contributed by atoms with van der Waals surface area (Å²) in [6, 6.07) is 6.11. The Hall–Kier alpha value is -1.31. The number of hydrogen-bond acceptors (Lipinski definition) is 2. The van der Waals surface area contributed by atoms with Crippen LogP contribution in [-0.4, -0.2) is 12.3 Å². The predicted octanol–water partition coefficient (Wildman–Crippen LogP) is 3.42. The van der Waals surface area contributed by atoms with Crippen molar-refractivity contribution < 1.29 is 4.79 Å². The Morgan fingerprint density at radius 3 is 3.06 bits per heavy atom. The average Bonchev–Trinajstić information content (AvgIpc) is 2.53. The summed E-state index contributed by atoms with van der Waals surface area (Å²) < 4.78 is 0. The third-order valence-corrected chi connectivity index (χ3v) is 3.10. The standard InChI is InChI=1S/C14H19NO/c1-2-5-14(16)12-8-7-11-6-3-4-9-15-13(11)10-12/h7-8,10,15H,2-6,9H2,1H3. The summed E-state index contributed by atoms with van der Waals surface area (Å²) in [7, 11) is 0. The highest BCUT2D eigenvalue weighted by Gasteiger charge is 2.10. The van der Waals surface area contributed by atoms with E-state index in [0.717, 1.165) is 24.9 Å². The van der Waals surface area contributed by atoms with Crippen molar-refractivity contribution >= 4 is 11.5 Å². The first-order valence-corrected chi connectivity index (χ1v) is 6.21. The van der Waals surface area contributed by atoms with E-state index in [-0.39, 0.29) is 5.78 Å². The first-order valence-electron chi connectivity index (χ1n) is 6.21. The lowest BCUT2D eigenvalue weighted by molar-refractivity contribution is 0.0982. The zero-order valence-corrected chi connectivity index (χ0v) is 9.88. The fraction of sp³-hybridized carbons (Fsp3) is 0.500. The van der Waals surface area contributed by atoms with Crippen LogP contribution in [0.15, 0.2) is 18.2 Å². The van der Waals surface area contributed by atoms with Crippen LogP contribution in [0.1, 0.15) is 48.5 Å². The van der Waals surface area contributed by atoms with Gasteiger partial charge in [0.2, 0.25) is 0 Å². The van der Waals surface area contributed by atoms with Crippen molar-refractivity contribution in [1.29, 1.82) is 0 Å². The van der Waals surface area contributed by atoms with Crippen molar-refractivity contribution in [3.05, 3.63) is 29.3 Å². The molecule has 0 saturated heterocycles. The van der Waals surface area contributed by atoms with Gasteiger partial charge in [-0.05, 0) is 37.3 Å².